The molecule has 0 radical (unpaired) electrons. The van der Waals surface area contributed by atoms with Crippen LogP contribution in [0, 0.1) is 5.92 Å². The second-order valence-corrected chi connectivity index (χ2v) is 6.07. The van der Waals surface area contributed by atoms with Crippen LogP contribution in [-0.4, -0.2) is 23.7 Å². The molecule has 6 heteroatoms. The Balaban J connectivity index is 1.70. The lowest BCUT2D eigenvalue weighted by molar-refractivity contribution is -0.121. The molecule has 1 N–H and O–H groups in total. The number of ether oxygens (including phenoxy) is 1. The van der Waals surface area contributed by atoms with Gasteiger partial charge in [0, 0.05) is 23.5 Å². The van der Waals surface area contributed by atoms with Gasteiger partial charge in [-0.3, -0.25) is 4.79 Å². The highest BCUT2D eigenvalue weighted by atomic mass is 16.5. The zero-order chi connectivity index (χ0) is 17.4. The maximum absolute atomic E-state index is 11.4. The van der Waals surface area contributed by atoms with Crippen molar-refractivity contribution in [1.82, 2.24) is 10.4 Å². The predicted molar refractivity (Wildman–Crippen MR) is 94.5 cm³/mol. The largest absolute Gasteiger partial charge is 0.497 e. The van der Waals surface area contributed by atoms with Gasteiger partial charge in [-0.25, -0.2) is 10.4 Å². The molecule has 4 rings (SSSR count). The third-order valence-electron chi connectivity index (χ3n) is 4.28. The molecule has 126 valence electrons. The summed E-state index contributed by atoms with van der Waals surface area (Å²) in [5, 5.41) is 4.19. The molecule has 0 aliphatic carbocycles. The number of hydrogen-bond donors (Lipinski definition) is 1. The molecule has 6 nitrogen and oxygen atoms in total. The van der Waals surface area contributed by atoms with Crippen molar-refractivity contribution in [2.75, 3.05) is 7.11 Å². The van der Waals surface area contributed by atoms with E-state index in [0.29, 0.717) is 17.9 Å². The van der Waals surface area contributed by atoms with E-state index in [4.69, 9.17) is 9.15 Å². The van der Waals surface area contributed by atoms with Crippen molar-refractivity contribution in [3.05, 3.63) is 48.0 Å². The molecule has 1 atom stereocenters. The molecule has 25 heavy (non-hydrogen) atoms. The summed E-state index contributed by atoms with van der Waals surface area (Å²) in [6.07, 6.45) is 0.435. The zero-order valence-corrected chi connectivity index (χ0v) is 13.9. The number of hydrazone groups is 1. The number of carbonyl (C=O) groups is 1. The summed E-state index contributed by atoms with van der Waals surface area (Å²) in [5.41, 5.74) is 6.67. The third kappa shape index (κ3) is 2.87. The minimum atomic E-state index is -0.0567. The summed E-state index contributed by atoms with van der Waals surface area (Å²) in [5.74, 6) is 1.35. The number of methoxy groups -OCH3 is 1. The average molecular weight is 335 g/mol. The van der Waals surface area contributed by atoms with Crippen LogP contribution in [0.5, 0.6) is 5.75 Å². The van der Waals surface area contributed by atoms with E-state index >= 15 is 0 Å². The molecule has 1 unspecified atom stereocenters. The maximum Gasteiger partial charge on any atom is 0.240 e. The number of nitrogens with zero attached hydrogens (tertiary/aromatic N) is 2. The number of oxazole rings is 1. The van der Waals surface area contributed by atoms with E-state index in [2.05, 4.69) is 15.5 Å². The minimum Gasteiger partial charge on any atom is -0.497 e. The van der Waals surface area contributed by atoms with Crippen molar-refractivity contribution in [2.24, 2.45) is 11.0 Å². The van der Waals surface area contributed by atoms with Crippen LogP contribution in [-0.2, 0) is 4.79 Å². The Hall–Kier alpha value is -3.15. The van der Waals surface area contributed by atoms with Gasteiger partial charge in [-0.1, -0.05) is 13.0 Å². The topological polar surface area (TPSA) is 76.7 Å². The van der Waals surface area contributed by atoms with Crippen molar-refractivity contribution in [1.29, 1.82) is 0 Å². The highest BCUT2D eigenvalue weighted by Gasteiger charge is 2.22. The monoisotopic (exact) mass is 335 g/mol. The summed E-state index contributed by atoms with van der Waals surface area (Å²) in [6, 6.07) is 13.3. The lowest BCUT2D eigenvalue weighted by Crippen LogP contribution is -2.31. The van der Waals surface area contributed by atoms with Crippen molar-refractivity contribution in [3.8, 4) is 17.2 Å². The van der Waals surface area contributed by atoms with Gasteiger partial charge in [-0.15, -0.1) is 0 Å². The van der Waals surface area contributed by atoms with Crippen molar-refractivity contribution >= 4 is 22.7 Å². The molecule has 2 heterocycles. The van der Waals surface area contributed by atoms with Gasteiger partial charge in [0.15, 0.2) is 5.58 Å². The van der Waals surface area contributed by atoms with Crippen LogP contribution < -0.4 is 10.2 Å². The summed E-state index contributed by atoms with van der Waals surface area (Å²) < 4.78 is 11.1. The molecule has 0 bridgehead atoms. The zero-order valence-electron chi connectivity index (χ0n) is 13.9. The molecule has 0 saturated carbocycles. The highest BCUT2D eigenvalue weighted by molar-refractivity contribution is 6.07. The van der Waals surface area contributed by atoms with Crippen molar-refractivity contribution in [3.63, 3.8) is 0 Å². The van der Waals surface area contributed by atoms with Crippen molar-refractivity contribution < 1.29 is 13.9 Å². The SMILES string of the molecule is COc1ccc(-c2nc3ccc(C4=NNC(=O)CC4C)cc3o2)cc1. The Morgan fingerprint density at radius 3 is 2.64 bits per heavy atom. The molecule has 0 fully saturated rings. The summed E-state index contributed by atoms with van der Waals surface area (Å²) >= 11 is 0. The van der Waals surface area contributed by atoms with Gasteiger partial charge >= 0.3 is 0 Å². The van der Waals surface area contributed by atoms with Crippen LogP contribution in [0.2, 0.25) is 0 Å². The van der Waals surface area contributed by atoms with Gasteiger partial charge in [-0.05, 0) is 36.4 Å². The molecule has 0 spiro atoms. The number of amides is 1. The Morgan fingerprint density at radius 1 is 1.16 bits per heavy atom. The van der Waals surface area contributed by atoms with E-state index in [1.807, 2.05) is 49.4 Å². The molecule has 1 aromatic heterocycles. The van der Waals surface area contributed by atoms with Crippen LogP contribution >= 0.6 is 0 Å². The smallest absolute Gasteiger partial charge is 0.240 e. The Labute approximate surface area is 144 Å². The Bertz CT molecular complexity index is 973. The van der Waals surface area contributed by atoms with Crippen LogP contribution in [0.15, 0.2) is 52.0 Å². The van der Waals surface area contributed by atoms with Gasteiger partial charge in [0.25, 0.3) is 0 Å². The van der Waals surface area contributed by atoms with Crippen LogP contribution in [0.1, 0.15) is 18.9 Å². The van der Waals surface area contributed by atoms with E-state index in [0.717, 1.165) is 28.1 Å². The first-order chi connectivity index (χ1) is 12.1. The lowest BCUT2D eigenvalue weighted by Gasteiger charge is -2.18. The van der Waals surface area contributed by atoms with Gasteiger partial charge in [0.05, 0.1) is 12.8 Å². The van der Waals surface area contributed by atoms with Gasteiger partial charge in [0.2, 0.25) is 11.8 Å². The fourth-order valence-corrected chi connectivity index (χ4v) is 2.94. The second-order valence-electron chi connectivity index (χ2n) is 6.07. The first-order valence-electron chi connectivity index (χ1n) is 8.06. The maximum atomic E-state index is 11.4. The standard InChI is InChI=1S/C19H17N3O3/c1-11-9-17(23)21-22-18(11)13-5-8-15-16(10-13)25-19(20-15)12-3-6-14(24-2)7-4-12/h3-8,10-11H,9H2,1-2H3,(H,21,23). The van der Waals surface area contributed by atoms with Gasteiger partial charge in [0.1, 0.15) is 11.3 Å². The molecule has 1 aliphatic heterocycles. The van der Waals surface area contributed by atoms with Crippen molar-refractivity contribution in [2.45, 2.75) is 13.3 Å². The first kappa shape index (κ1) is 15.4. The summed E-state index contributed by atoms with van der Waals surface area (Å²) in [4.78, 5) is 16.0. The Morgan fingerprint density at radius 2 is 1.92 bits per heavy atom. The number of benzene rings is 2. The van der Waals surface area contributed by atoms with E-state index in [9.17, 15) is 4.79 Å². The normalized spacial score (nSPS) is 17.3. The number of hydrogen-bond acceptors (Lipinski definition) is 5. The first-order valence-corrected chi connectivity index (χ1v) is 8.06. The summed E-state index contributed by atoms with van der Waals surface area (Å²) in [7, 11) is 1.63. The molecule has 1 amide bonds. The number of carbonyl (C=O) groups excluding carboxylic acids is 1. The van der Waals surface area contributed by atoms with E-state index in [1.165, 1.54) is 0 Å². The molecule has 1 aliphatic rings. The molecule has 2 aromatic carbocycles. The van der Waals surface area contributed by atoms with Gasteiger partial charge in [-0.2, -0.15) is 5.10 Å². The quantitative estimate of drug-likeness (QED) is 0.796. The molecule has 3 aromatic rings. The van der Waals surface area contributed by atoms with Crippen LogP contribution in [0.4, 0.5) is 0 Å². The second kappa shape index (κ2) is 6.05. The molecular weight excluding hydrogens is 318 g/mol. The lowest BCUT2D eigenvalue weighted by atomic mass is 9.94. The van der Waals surface area contributed by atoms with E-state index < -0.39 is 0 Å². The molecular formula is C19H17N3O3. The number of rotatable bonds is 3. The van der Waals surface area contributed by atoms with Gasteiger partial charge < -0.3 is 9.15 Å². The third-order valence-corrected chi connectivity index (χ3v) is 4.28. The highest BCUT2D eigenvalue weighted by Crippen LogP contribution is 2.27. The predicted octanol–water partition coefficient (Wildman–Crippen LogP) is 3.36. The fraction of sp³-hybridized carbons (Fsp3) is 0.211. The number of aromatic nitrogens is 1. The van der Waals surface area contributed by atoms with E-state index in [-0.39, 0.29) is 11.8 Å². The van der Waals surface area contributed by atoms with Crippen LogP contribution in [0.3, 0.4) is 0 Å². The number of fused-ring (bicyclic) bond motifs is 1. The minimum absolute atomic E-state index is 0.0567. The number of nitrogens with one attached hydrogen (secondary N) is 1. The summed E-state index contributed by atoms with van der Waals surface area (Å²) in [6.45, 7) is 1.99. The fourth-order valence-electron chi connectivity index (χ4n) is 2.94. The van der Waals surface area contributed by atoms with Crippen LogP contribution in [0.25, 0.3) is 22.6 Å². The molecule has 0 saturated heterocycles. The Kier molecular flexibility index (Phi) is 3.72. The average Bonchev–Trinajstić information content (AvgIpc) is 3.05. The van der Waals surface area contributed by atoms with E-state index in [1.54, 1.807) is 7.11 Å².